The Kier molecular flexibility index (Phi) is 9.26. The summed E-state index contributed by atoms with van der Waals surface area (Å²) in [6.45, 7) is 3.39. The number of benzene rings is 2. The Morgan fingerprint density at radius 2 is 1.90 bits per heavy atom. The quantitative estimate of drug-likeness (QED) is 0.252. The van der Waals surface area contributed by atoms with E-state index < -0.39 is 0 Å². The average molecular weight is 544 g/mol. The lowest BCUT2D eigenvalue weighted by atomic mass is 10.1. The molecule has 1 heterocycles. The van der Waals surface area contributed by atoms with Gasteiger partial charge in [0.1, 0.15) is 5.82 Å². The van der Waals surface area contributed by atoms with Crippen LogP contribution in [-0.4, -0.2) is 22.6 Å². The number of nitrogens with zero attached hydrogens (tertiary/aromatic N) is 3. The van der Waals surface area contributed by atoms with Gasteiger partial charge in [-0.3, -0.25) is 4.99 Å². The molecule has 154 valence electrons. The summed E-state index contributed by atoms with van der Waals surface area (Å²) in [4.78, 5) is 8.77. The van der Waals surface area contributed by atoms with Crippen LogP contribution in [0.4, 0.5) is 0 Å². The number of imidazole rings is 1. The monoisotopic (exact) mass is 543 g/mol. The Labute approximate surface area is 198 Å². The average Bonchev–Trinajstić information content (AvgIpc) is 3.14. The zero-order chi connectivity index (χ0) is 19.9. The SMILES string of the molecule is CN=C(NCc1nccn1Cc1ccccc1)NC(C)c1ccc(Cl)c(Cl)c1.I. The molecule has 29 heavy (non-hydrogen) atoms. The van der Waals surface area contributed by atoms with E-state index in [0.717, 1.165) is 17.9 Å². The summed E-state index contributed by atoms with van der Waals surface area (Å²) in [5, 5.41) is 7.77. The van der Waals surface area contributed by atoms with Gasteiger partial charge in [-0.05, 0) is 30.2 Å². The Morgan fingerprint density at radius 3 is 2.59 bits per heavy atom. The van der Waals surface area contributed by atoms with Crippen LogP contribution in [-0.2, 0) is 13.1 Å². The van der Waals surface area contributed by atoms with Gasteiger partial charge in [0.2, 0.25) is 0 Å². The Bertz CT molecular complexity index is 943. The van der Waals surface area contributed by atoms with Crippen LogP contribution in [0.3, 0.4) is 0 Å². The smallest absolute Gasteiger partial charge is 0.191 e. The molecule has 0 fully saturated rings. The van der Waals surface area contributed by atoms with E-state index in [1.165, 1.54) is 5.56 Å². The third-order valence-corrected chi connectivity index (χ3v) is 5.17. The maximum atomic E-state index is 6.12. The molecule has 1 unspecified atom stereocenters. The first-order chi connectivity index (χ1) is 13.6. The third-order valence-electron chi connectivity index (χ3n) is 4.43. The summed E-state index contributed by atoms with van der Waals surface area (Å²) in [5.74, 6) is 1.63. The molecule has 0 bridgehead atoms. The molecule has 0 spiro atoms. The van der Waals surface area contributed by atoms with Gasteiger partial charge in [-0.25, -0.2) is 4.98 Å². The molecule has 0 aliphatic heterocycles. The van der Waals surface area contributed by atoms with Gasteiger partial charge in [0.05, 0.1) is 22.6 Å². The van der Waals surface area contributed by atoms with Crippen molar-refractivity contribution in [3.05, 3.63) is 87.9 Å². The summed E-state index contributed by atoms with van der Waals surface area (Å²) in [5.41, 5.74) is 2.26. The van der Waals surface area contributed by atoms with E-state index in [-0.39, 0.29) is 30.0 Å². The van der Waals surface area contributed by atoms with Crippen molar-refractivity contribution in [2.75, 3.05) is 7.05 Å². The van der Waals surface area contributed by atoms with E-state index in [2.05, 4.69) is 37.3 Å². The van der Waals surface area contributed by atoms with E-state index in [0.29, 0.717) is 22.5 Å². The van der Waals surface area contributed by atoms with Crippen molar-refractivity contribution >= 4 is 53.1 Å². The highest BCUT2D eigenvalue weighted by Crippen LogP contribution is 2.25. The van der Waals surface area contributed by atoms with Crippen LogP contribution >= 0.6 is 47.2 Å². The third kappa shape index (κ3) is 6.62. The summed E-state index contributed by atoms with van der Waals surface area (Å²) in [6, 6.07) is 15.9. The lowest BCUT2D eigenvalue weighted by molar-refractivity contribution is 0.658. The minimum atomic E-state index is 0. The molecule has 5 nitrogen and oxygen atoms in total. The number of halogens is 3. The normalized spacial score (nSPS) is 12.2. The standard InChI is InChI=1S/C21H23Cl2N5.HI/c1-15(17-8-9-18(22)19(23)12-17)27-21(24-2)26-13-20-25-10-11-28(20)14-16-6-4-3-5-7-16;/h3-12,15H,13-14H2,1-2H3,(H2,24,26,27);1H. The minimum Gasteiger partial charge on any atom is -0.350 e. The zero-order valence-electron chi connectivity index (χ0n) is 16.3. The molecule has 1 atom stereocenters. The van der Waals surface area contributed by atoms with Crippen LogP contribution in [0.5, 0.6) is 0 Å². The first-order valence-electron chi connectivity index (χ1n) is 9.03. The minimum absolute atomic E-state index is 0. The number of rotatable bonds is 6. The van der Waals surface area contributed by atoms with Crippen LogP contribution < -0.4 is 10.6 Å². The van der Waals surface area contributed by atoms with Crippen LogP contribution in [0.25, 0.3) is 0 Å². The summed E-state index contributed by atoms with van der Waals surface area (Å²) in [7, 11) is 1.74. The van der Waals surface area contributed by atoms with Gasteiger partial charge in [0, 0.05) is 26.0 Å². The predicted molar refractivity (Wildman–Crippen MR) is 131 cm³/mol. The maximum absolute atomic E-state index is 6.12. The highest BCUT2D eigenvalue weighted by atomic mass is 127. The topological polar surface area (TPSA) is 54.2 Å². The van der Waals surface area contributed by atoms with E-state index in [9.17, 15) is 0 Å². The molecule has 0 saturated carbocycles. The van der Waals surface area contributed by atoms with Crippen molar-refractivity contribution in [1.82, 2.24) is 20.2 Å². The second-order valence-electron chi connectivity index (χ2n) is 6.42. The second kappa shape index (κ2) is 11.4. The van der Waals surface area contributed by atoms with Crippen molar-refractivity contribution in [3.8, 4) is 0 Å². The molecule has 2 aromatic carbocycles. The van der Waals surface area contributed by atoms with Crippen molar-refractivity contribution in [1.29, 1.82) is 0 Å². The Hall–Kier alpha value is -1.77. The number of guanidine groups is 1. The fourth-order valence-corrected chi connectivity index (χ4v) is 3.17. The molecular weight excluding hydrogens is 520 g/mol. The predicted octanol–water partition coefficient (Wildman–Crippen LogP) is 5.28. The number of aromatic nitrogens is 2. The van der Waals surface area contributed by atoms with Gasteiger partial charge >= 0.3 is 0 Å². The molecule has 0 amide bonds. The van der Waals surface area contributed by atoms with Crippen LogP contribution in [0.2, 0.25) is 10.0 Å². The van der Waals surface area contributed by atoms with Crippen molar-refractivity contribution < 1.29 is 0 Å². The Balaban J connectivity index is 0.00000300. The van der Waals surface area contributed by atoms with E-state index in [4.69, 9.17) is 23.2 Å². The van der Waals surface area contributed by atoms with E-state index >= 15 is 0 Å². The summed E-state index contributed by atoms with van der Waals surface area (Å²) in [6.07, 6.45) is 3.80. The molecule has 0 aliphatic rings. The van der Waals surface area contributed by atoms with Crippen LogP contribution in [0, 0.1) is 0 Å². The summed E-state index contributed by atoms with van der Waals surface area (Å²) >= 11 is 12.1. The Morgan fingerprint density at radius 1 is 1.14 bits per heavy atom. The number of nitrogens with one attached hydrogen (secondary N) is 2. The molecule has 0 aliphatic carbocycles. The molecule has 0 saturated heterocycles. The van der Waals surface area contributed by atoms with Crippen molar-refractivity contribution in [3.63, 3.8) is 0 Å². The molecule has 3 rings (SSSR count). The highest BCUT2D eigenvalue weighted by Gasteiger charge is 2.11. The number of aliphatic imine (C=N–C) groups is 1. The summed E-state index contributed by atoms with van der Waals surface area (Å²) < 4.78 is 2.12. The van der Waals surface area contributed by atoms with Gasteiger partial charge < -0.3 is 15.2 Å². The van der Waals surface area contributed by atoms with Crippen molar-refractivity contribution in [2.45, 2.75) is 26.1 Å². The second-order valence-corrected chi connectivity index (χ2v) is 7.24. The number of hydrogen-bond acceptors (Lipinski definition) is 2. The van der Waals surface area contributed by atoms with E-state index in [1.807, 2.05) is 49.6 Å². The van der Waals surface area contributed by atoms with Crippen LogP contribution in [0.1, 0.15) is 29.9 Å². The van der Waals surface area contributed by atoms with Gasteiger partial charge in [-0.15, -0.1) is 24.0 Å². The lowest BCUT2D eigenvalue weighted by Crippen LogP contribution is -2.38. The number of hydrogen-bond donors (Lipinski definition) is 2. The molecular formula is C21H24Cl2IN5. The van der Waals surface area contributed by atoms with E-state index in [1.54, 1.807) is 13.1 Å². The van der Waals surface area contributed by atoms with Gasteiger partial charge in [-0.2, -0.15) is 0 Å². The van der Waals surface area contributed by atoms with Crippen molar-refractivity contribution in [2.24, 2.45) is 4.99 Å². The molecule has 8 heteroatoms. The van der Waals surface area contributed by atoms with Gasteiger partial charge in [-0.1, -0.05) is 59.6 Å². The van der Waals surface area contributed by atoms with Gasteiger partial charge in [0.15, 0.2) is 5.96 Å². The molecule has 2 N–H and O–H groups in total. The lowest BCUT2D eigenvalue weighted by Gasteiger charge is -2.19. The van der Waals surface area contributed by atoms with Crippen LogP contribution in [0.15, 0.2) is 65.9 Å². The fourth-order valence-electron chi connectivity index (χ4n) is 2.86. The highest BCUT2D eigenvalue weighted by molar-refractivity contribution is 14.0. The fraction of sp³-hybridized carbons (Fsp3) is 0.238. The first-order valence-corrected chi connectivity index (χ1v) is 9.78. The molecule has 0 radical (unpaired) electrons. The van der Waals surface area contributed by atoms with Gasteiger partial charge in [0.25, 0.3) is 0 Å². The first kappa shape index (κ1) is 23.5. The molecule has 3 aromatic rings. The largest absolute Gasteiger partial charge is 0.350 e. The maximum Gasteiger partial charge on any atom is 0.191 e. The molecule has 1 aromatic heterocycles. The zero-order valence-corrected chi connectivity index (χ0v) is 20.1.